The Kier molecular flexibility index (Phi) is 4.41. The monoisotopic (exact) mass is 403 g/mol. The minimum Gasteiger partial charge on any atom is -0.337 e. The molecular formula is C20H17N7OS. The zero-order valence-electron chi connectivity index (χ0n) is 15.5. The van der Waals surface area contributed by atoms with Crippen molar-refractivity contribution in [2.45, 2.75) is 17.7 Å². The number of hydrogen-bond acceptors (Lipinski definition) is 7. The lowest BCUT2D eigenvalue weighted by Crippen LogP contribution is -2.31. The molecule has 0 amide bonds. The van der Waals surface area contributed by atoms with Crippen LogP contribution in [-0.4, -0.2) is 52.8 Å². The molecule has 0 aliphatic carbocycles. The number of aryl methyl sites for hydroxylation is 1. The first kappa shape index (κ1) is 17.7. The van der Waals surface area contributed by atoms with Crippen LogP contribution in [0.5, 0.6) is 0 Å². The van der Waals surface area contributed by atoms with Crippen LogP contribution < -0.4 is 4.90 Å². The molecule has 0 unspecified atom stereocenters. The third-order valence-corrected chi connectivity index (χ3v) is 6.43. The number of terminal acetylenes is 1. The van der Waals surface area contributed by atoms with Gasteiger partial charge in [0.15, 0.2) is 11.6 Å². The summed E-state index contributed by atoms with van der Waals surface area (Å²) in [6.07, 6.45) is 15.8. The first-order valence-electron chi connectivity index (χ1n) is 9.25. The fourth-order valence-corrected chi connectivity index (χ4v) is 4.81. The molecule has 0 saturated carbocycles. The summed E-state index contributed by atoms with van der Waals surface area (Å²) in [6, 6.07) is 1.83. The van der Waals surface area contributed by atoms with E-state index in [1.54, 1.807) is 23.3 Å². The Balaban J connectivity index is 1.45. The average Bonchev–Trinajstić information content (AvgIpc) is 3.44. The molecule has 0 bridgehead atoms. The molecule has 0 radical (unpaired) electrons. The van der Waals surface area contributed by atoms with Crippen LogP contribution in [0.1, 0.15) is 23.5 Å². The maximum absolute atomic E-state index is 12.5. The Labute approximate surface area is 170 Å². The van der Waals surface area contributed by atoms with Crippen molar-refractivity contribution in [3.63, 3.8) is 0 Å². The van der Waals surface area contributed by atoms with Gasteiger partial charge in [0.2, 0.25) is 5.95 Å². The van der Waals surface area contributed by atoms with Crippen molar-refractivity contribution < 1.29 is 4.21 Å². The van der Waals surface area contributed by atoms with E-state index in [1.165, 1.54) is 0 Å². The Morgan fingerprint density at radius 1 is 1.17 bits per heavy atom. The number of nitrogens with zero attached hydrogens (tertiary/aromatic N) is 7. The van der Waals surface area contributed by atoms with Crippen molar-refractivity contribution in [3.05, 3.63) is 54.0 Å². The largest absolute Gasteiger partial charge is 0.337 e. The van der Waals surface area contributed by atoms with E-state index < -0.39 is 10.8 Å². The maximum Gasteiger partial charge on any atom is 0.227 e. The third kappa shape index (κ3) is 3.21. The van der Waals surface area contributed by atoms with E-state index in [4.69, 9.17) is 16.4 Å². The van der Waals surface area contributed by atoms with Crippen LogP contribution in [0.4, 0.5) is 5.95 Å². The molecule has 0 aromatic carbocycles. The smallest absolute Gasteiger partial charge is 0.227 e. The van der Waals surface area contributed by atoms with Crippen molar-refractivity contribution in [2.24, 2.45) is 0 Å². The van der Waals surface area contributed by atoms with Gasteiger partial charge in [0, 0.05) is 50.1 Å². The number of aromatic nitrogens is 6. The molecule has 0 spiro atoms. The van der Waals surface area contributed by atoms with E-state index in [0.717, 1.165) is 24.2 Å². The SMILES string of the molecule is C#Cc1cnc(C2=CCN(c3nc4c(c(-n5cccn5)n3)[S@](=O)CC4)CC2)nc1. The molecule has 0 fully saturated rings. The average molecular weight is 403 g/mol. The zero-order chi connectivity index (χ0) is 19.8. The van der Waals surface area contributed by atoms with Gasteiger partial charge in [-0.1, -0.05) is 12.0 Å². The highest BCUT2D eigenvalue weighted by molar-refractivity contribution is 7.85. The minimum absolute atomic E-state index is 0.580. The van der Waals surface area contributed by atoms with Gasteiger partial charge in [-0.05, 0) is 18.1 Å². The third-order valence-electron chi connectivity index (χ3n) is 4.98. The van der Waals surface area contributed by atoms with E-state index in [1.807, 2.05) is 12.3 Å². The first-order valence-corrected chi connectivity index (χ1v) is 10.6. The van der Waals surface area contributed by atoms with Crippen LogP contribution in [0, 0.1) is 12.3 Å². The van der Waals surface area contributed by atoms with Crippen molar-refractivity contribution >= 4 is 22.3 Å². The summed E-state index contributed by atoms with van der Waals surface area (Å²) in [6.45, 7) is 1.39. The highest BCUT2D eigenvalue weighted by Gasteiger charge is 2.28. The van der Waals surface area contributed by atoms with E-state index in [9.17, 15) is 4.21 Å². The fraction of sp³-hybridized carbons (Fsp3) is 0.250. The number of hydrogen-bond donors (Lipinski definition) is 0. The molecule has 2 aliphatic rings. The molecule has 29 heavy (non-hydrogen) atoms. The van der Waals surface area contributed by atoms with Crippen LogP contribution in [0.2, 0.25) is 0 Å². The molecule has 1 atom stereocenters. The van der Waals surface area contributed by atoms with Crippen LogP contribution in [0.3, 0.4) is 0 Å². The van der Waals surface area contributed by atoms with Gasteiger partial charge in [0.1, 0.15) is 4.90 Å². The molecule has 3 aromatic rings. The second kappa shape index (κ2) is 7.22. The fourth-order valence-electron chi connectivity index (χ4n) is 3.48. The number of fused-ring (bicyclic) bond motifs is 1. The number of rotatable bonds is 3. The first-order chi connectivity index (χ1) is 14.2. The molecule has 144 valence electrons. The van der Waals surface area contributed by atoms with E-state index in [0.29, 0.717) is 46.8 Å². The van der Waals surface area contributed by atoms with Gasteiger partial charge in [-0.3, -0.25) is 4.21 Å². The van der Waals surface area contributed by atoms with E-state index >= 15 is 0 Å². The second-order valence-electron chi connectivity index (χ2n) is 6.74. The van der Waals surface area contributed by atoms with Gasteiger partial charge in [-0.25, -0.2) is 19.6 Å². The Morgan fingerprint density at radius 3 is 2.72 bits per heavy atom. The summed E-state index contributed by atoms with van der Waals surface area (Å²) in [5.74, 6) is 5.05. The quantitative estimate of drug-likeness (QED) is 0.611. The molecule has 2 aliphatic heterocycles. The maximum atomic E-state index is 12.5. The van der Waals surface area contributed by atoms with E-state index in [2.05, 4.69) is 32.0 Å². The Hall–Kier alpha value is -3.38. The van der Waals surface area contributed by atoms with Gasteiger partial charge >= 0.3 is 0 Å². The lowest BCUT2D eigenvalue weighted by atomic mass is 10.1. The van der Waals surface area contributed by atoms with Crippen molar-refractivity contribution in [2.75, 3.05) is 23.7 Å². The van der Waals surface area contributed by atoms with Crippen molar-refractivity contribution in [1.29, 1.82) is 0 Å². The predicted octanol–water partition coefficient (Wildman–Crippen LogP) is 1.39. The van der Waals surface area contributed by atoms with Crippen LogP contribution in [-0.2, 0) is 17.2 Å². The van der Waals surface area contributed by atoms with Gasteiger partial charge in [0.25, 0.3) is 0 Å². The number of anilines is 1. The molecule has 8 nitrogen and oxygen atoms in total. The summed E-state index contributed by atoms with van der Waals surface area (Å²) in [7, 11) is -1.09. The summed E-state index contributed by atoms with van der Waals surface area (Å²) in [5.41, 5.74) is 2.60. The molecule has 3 aromatic heterocycles. The molecule has 5 rings (SSSR count). The molecule has 0 saturated heterocycles. The molecule has 5 heterocycles. The summed E-state index contributed by atoms with van der Waals surface area (Å²) in [4.78, 5) is 21.0. The zero-order valence-corrected chi connectivity index (χ0v) is 16.3. The highest BCUT2D eigenvalue weighted by Crippen LogP contribution is 2.30. The lowest BCUT2D eigenvalue weighted by molar-refractivity contribution is 0.683. The summed E-state index contributed by atoms with van der Waals surface area (Å²) < 4.78 is 14.1. The molecule has 9 heteroatoms. The summed E-state index contributed by atoms with van der Waals surface area (Å²) >= 11 is 0. The minimum atomic E-state index is -1.09. The van der Waals surface area contributed by atoms with Crippen LogP contribution >= 0.6 is 0 Å². The topological polar surface area (TPSA) is 89.7 Å². The standard InChI is InChI=1S/C20H17N7OS/c1-2-14-12-21-18(22-13-14)15-4-9-26(10-5-15)20-24-16-6-11-29(28)17(16)19(25-20)27-8-3-7-23-27/h1,3-4,7-8,12-13H,5-6,9-11H2/t29-/m1/s1. The Morgan fingerprint density at radius 2 is 2.03 bits per heavy atom. The van der Waals surface area contributed by atoms with Crippen molar-refractivity contribution in [1.82, 2.24) is 29.7 Å². The van der Waals surface area contributed by atoms with Crippen LogP contribution in [0.25, 0.3) is 11.4 Å². The Bertz CT molecular complexity index is 1160. The van der Waals surface area contributed by atoms with Gasteiger partial charge in [-0.2, -0.15) is 10.1 Å². The normalized spacial score (nSPS) is 18.2. The van der Waals surface area contributed by atoms with Gasteiger partial charge in [-0.15, -0.1) is 6.42 Å². The lowest BCUT2D eigenvalue weighted by Gasteiger charge is -2.26. The van der Waals surface area contributed by atoms with Crippen molar-refractivity contribution in [3.8, 4) is 18.2 Å². The van der Waals surface area contributed by atoms with Gasteiger partial charge < -0.3 is 4.90 Å². The molecular weight excluding hydrogens is 386 g/mol. The summed E-state index contributed by atoms with van der Waals surface area (Å²) in [5, 5.41) is 4.28. The van der Waals surface area contributed by atoms with Gasteiger partial charge in [0.05, 0.1) is 22.1 Å². The second-order valence-corrected chi connectivity index (χ2v) is 8.25. The predicted molar refractivity (Wildman–Crippen MR) is 109 cm³/mol. The van der Waals surface area contributed by atoms with E-state index in [-0.39, 0.29) is 0 Å². The van der Waals surface area contributed by atoms with Crippen LogP contribution in [0.15, 0.2) is 41.8 Å². The molecule has 0 N–H and O–H groups in total. The highest BCUT2D eigenvalue weighted by atomic mass is 32.2.